The van der Waals surface area contributed by atoms with Crippen molar-refractivity contribution in [3.63, 3.8) is 0 Å². The van der Waals surface area contributed by atoms with E-state index in [-0.39, 0.29) is 16.1 Å². The van der Waals surface area contributed by atoms with Crippen LogP contribution in [0.1, 0.15) is 32.8 Å². The van der Waals surface area contributed by atoms with Crippen molar-refractivity contribution >= 4 is 56.3 Å². The van der Waals surface area contributed by atoms with Crippen LogP contribution in [-0.4, -0.2) is 18.2 Å². The average molecular weight is 468 g/mol. The minimum atomic E-state index is -4.69. The Hall–Kier alpha value is -2.92. The van der Waals surface area contributed by atoms with Crippen molar-refractivity contribution in [2.45, 2.75) is 25.4 Å². The van der Waals surface area contributed by atoms with Gasteiger partial charge in [0.25, 0.3) is 0 Å². The van der Waals surface area contributed by atoms with Gasteiger partial charge < -0.3 is 19.8 Å². The Bertz CT molecular complexity index is 1260. The van der Waals surface area contributed by atoms with Gasteiger partial charge >= 0.3 is 17.8 Å². The summed E-state index contributed by atoms with van der Waals surface area (Å²) in [5, 5.41) is 6.23. The average Bonchev–Trinajstić information content (AvgIpc) is 3.26. The fourth-order valence-corrected chi connectivity index (χ4v) is 5.12. The Morgan fingerprint density at radius 3 is 2.71 bits per heavy atom. The zero-order valence-corrected chi connectivity index (χ0v) is 17.6. The first kappa shape index (κ1) is 21.3. The third-order valence-electron chi connectivity index (χ3n) is 4.85. The summed E-state index contributed by atoms with van der Waals surface area (Å²) >= 11 is 6.72. The molecule has 1 aliphatic carbocycles. The monoisotopic (exact) mass is 468 g/mol. The van der Waals surface area contributed by atoms with Gasteiger partial charge in [0.1, 0.15) is 10.6 Å². The van der Waals surface area contributed by atoms with Gasteiger partial charge in [-0.05, 0) is 49.2 Å². The molecular formula is C20H15F3N2O4S2. The van der Waals surface area contributed by atoms with E-state index in [1.807, 2.05) is 0 Å². The van der Waals surface area contributed by atoms with E-state index in [0.29, 0.717) is 22.3 Å². The molecule has 0 aliphatic heterocycles. The number of benzene rings is 1. The zero-order chi connectivity index (χ0) is 22.3. The smallest absolute Gasteiger partial charge is 0.417 e. The molecule has 6 nitrogen and oxygen atoms in total. The van der Waals surface area contributed by atoms with Crippen LogP contribution in [0.4, 0.5) is 23.9 Å². The van der Waals surface area contributed by atoms with Gasteiger partial charge in [0.05, 0.1) is 18.2 Å². The molecule has 0 amide bonds. The molecule has 0 fully saturated rings. The summed E-state index contributed by atoms with van der Waals surface area (Å²) in [7, 11) is 1.31. The highest BCUT2D eigenvalue weighted by atomic mass is 32.1. The SMILES string of the molecule is COC(=O)c1c(NC(=S)Nc2ccc3c(C(F)(F)F)cc(=O)oc3c2)sc2c1CCC2. The normalized spacial score (nSPS) is 13.2. The van der Waals surface area contributed by atoms with Crippen molar-refractivity contribution in [3.05, 3.63) is 56.3 Å². The molecule has 0 unspecified atom stereocenters. The third kappa shape index (κ3) is 4.15. The molecule has 2 heterocycles. The Morgan fingerprint density at radius 1 is 1.23 bits per heavy atom. The van der Waals surface area contributed by atoms with Gasteiger partial charge in [0.2, 0.25) is 0 Å². The van der Waals surface area contributed by atoms with Gasteiger partial charge in [-0.15, -0.1) is 11.3 Å². The molecule has 11 heteroatoms. The number of nitrogens with one attached hydrogen (secondary N) is 2. The summed E-state index contributed by atoms with van der Waals surface area (Å²) in [5.74, 6) is -0.461. The molecule has 2 N–H and O–H groups in total. The molecular weight excluding hydrogens is 453 g/mol. The summed E-state index contributed by atoms with van der Waals surface area (Å²) in [6, 6.07) is 4.27. The lowest BCUT2D eigenvalue weighted by Gasteiger charge is -2.13. The molecule has 0 saturated carbocycles. The summed E-state index contributed by atoms with van der Waals surface area (Å²) in [5.41, 5.74) is -0.678. The Morgan fingerprint density at radius 2 is 2.00 bits per heavy atom. The first-order chi connectivity index (χ1) is 14.7. The predicted molar refractivity (Wildman–Crippen MR) is 115 cm³/mol. The molecule has 0 spiro atoms. The molecule has 162 valence electrons. The van der Waals surface area contributed by atoms with E-state index in [1.165, 1.54) is 36.6 Å². The maximum atomic E-state index is 13.2. The van der Waals surface area contributed by atoms with Gasteiger partial charge in [-0.2, -0.15) is 13.2 Å². The maximum Gasteiger partial charge on any atom is 0.417 e. The molecule has 1 aliphatic rings. The van der Waals surface area contributed by atoms with Gasteiger partial charge in [0, 0.05) is 28.1 Å². The largest absolute Gasteiger partial charge is 0.465 e. The number of hydrogen-bond donors (Lipinski definition) is 2. The second-order valence-electron chi connectivity index (χ2n) is 6.82. The van der Waals surface area contributed by atoms with E-state index in [2.05, 4.69) is 10.6 Å². The van der Waals surface area contributed by atoms with Crippen LogP contribution in [0.5, 0.6) is 0 Å². The first-order valence-corrected chi connectivity index (χ1v) is 10.4. The van der Waals surface area contributed by atoms with Crippen LogP contribution in [0.15, 0.2) is 33.5 Å². The molecule has 4 rings (SSSR count). The first-order valence-electron chi connectivity index (χ1n) is 9.13. The predicted octanol–water partition coefficient (Wildman–Crippen LogP) is 4.96. The lowest BCUT2D eigenvalue weighted by atomic mass is 10.1. The van der Waals surface area contributed by atoms with E-state index >= 15 is 0 Å². The number of alkyl halides is 3. The number of rotatable bonds is 3. The molecule has 0 bridgehead atoms. The number of anilines is 2. The van der Waals surface area contributed by atoms with Crippen LogP contribution < -0.4 is 16.3 Å². The molecule has 31 heavy (non-hydrogen) atoms. The molecule has 3 aromatic rings. The summed E-state index contributed by atoms with van der Waals surface area (Å²) in [4.78, 5) is 24.9. The Kier molecular flexibility index (Phi) is 5.48. The summed E-state index contributed by atoms with van der Waals surface area (Å²) in [6.45, 7) is 0. The maximum absolute atomic E-state index is 13.2. The van der Waals surface area contributed by atoms with Crippen molar-refractivity contribution < 1.29 is 27.1 Å². The summed E-state index contributed by atoms with van der Waals surface area (Å²) < 4.78 is 49.4. The van der Waals surface area contributed by atoms with Gasteiger partial charge in [-0.3, -0.25) is 0 Å². The number of esters is 1. The van der Waals surface area contributed by atoms with Crippen molar-refractivity contribution in [2.75, 3.05) is 17.7 Å². The van der Waals surface area contributed by atoms with Crippen LogP contribution in [0.2, 0.25) is 0 Å². The number of halogens is 3. The van der Waals surface area contributed by atoms with Crippen LogP contribution >= 0.6 is 23.6 Å². The summed E-state index contributed by atoms with van der Waals surface area (Å²) in [6.07, 6.45) is -2.07. The second kappa shape index (κ2) is 7.97. The number of fused-ring (bicyclic) bond motifs is 2. The number of aryl methyl sites for hydroxylation is 1. The number of ether oxygens (including phenoxy) is 1. The fourth-order valence-electron chi connectivity index (χ4n) is 3.55. The van der Waals surface area contributed by atoms with Gasteiger partial charge in [0.15, 0.2) is 5.11 Å². The highest BCUT2D eigenvalue weighted by Crippen LogP contribution is 2.39. The van der Waals surface area contributed by atoms with Crippen molar-refractivity contribution in [3.8, 4) is 0 Å². The lowest BCUT2D eigenvalue weighted by Crippen LogP contribution is -2.20. The van der Waals surface area contributed by atoms with Crippen molar-refractivity contribution in [2.24, 2.45) is 0 Å². The van der Waals surface area contributed by atoms with E-state index in [0.717, 1.165) is 29.7 Å². The quantitative estimate of drug-likeness (QED) is 0.320. The molecule has 0 saturated heterocycles. The van der Waals surface area contributed by atoms with E-state index in [9.17, 15) is 22.8 Å². The number of hydrogen-bond acceptors (Lipinski definition) is 6. The Labute approximate surface area is 183 Å². The van der Waals surface area contributed by atoms with Crippen LogP contribution in [0.3, 0.4) is 0 Å². The fraction of sp³-hybridized carbons (Fsp3) is 0.250. The molecule has 0 radical (unpaired) electrons. The number of thiocarbonyl (C=S) groups is 1. The highest BCUT2D eigenvalue weighted by molar-refractivity contribution is 7.80. The molecule has 2 aromatic heterocycles. The van der Waals surface area contributed by atoms with Crippen molar-refractivity contribution in [1.29, 1.82) is 0 Å². The minimum absolute atomic E-state index is 0.124. The molecule has 0 atom stereocenters. The number of carbonyl (C=O) groups excluding carboxylic acids is 1. The second-order valence-corrected chi connectivity index (χ2v) is 8.33. The Balaban J connectivity index is 1.60. The standard InChI is InChI=1S/C20H15F3N2O4S2/c1-28-18(27)16-11-3-2-4-14(11)31-17(16)25-19(30)24-9-5-6-10-12(20(21,22)23)8-15(26)29-13(10)7-9/h5-8H,2-4H2,1H3,(H2,24,25,30). The van der Waals surface area contributed by atoms with E-state index < -0.39 is 23.3 Å². The van der Waals surface area contributed by atoms with Crippen LogP contribution in [-0.2, 0) is 23.8 Å². The van der Waals surface area contributed by atoms with E-state index in [1.54, 1.807) is 0 Å². The number of methoxy groups -OCH3 is 1. The van der Waals surface area contributed by atoms with Crippen molar-refractivity contribution in [1.82, 2.24) is 0 Å². The van der Waals surface area contributed by atoms with Crippen LogP contribution in [0.25, 0.3) is 11.0 Å². The van der Waals surface area contributed by atoms with Gasteiger partial charge in [-0.1, -0.05) is 0 Å². The lowest BCUT2D eigenvalue weighted by molar-refractivity contribution is -0.136. The third-order valence-corrected chi connectivity index (χ3v) is 6.26. The molecule has 1 aromatic carbocycles. The number of carbonyl (C=O) groups is 1. The van der Waals surface area contributed by atoms with Crippen LogP contribution in [0, 0.1) is 0 Å². The van der Waals surface area contributed by atoms with E-state index in [4.69, 9.17) is 21.4 Å². The highest BCUT2D eigenvalue weighted by Gasteiger charge is 2.34. The number of thiophene rings is 1. The zero-order valence-electron chi connectivity index (χ0n) is 16.0. The van der Waals surface area contributed by atoms with Gasteiger partial charge in [-0.25, -0.2) is 9.59 Å². The minimum Gasteiger partial charge on any atom is -0.465 e. The topological polar surface area (TPSA) is 80.6 Å².